The molecule has 1 aromatic rings. The average molecular weight is 271 g/mol. The van der Waals surface area contributed by atoms with E-state index in [9.17, 15) is 14.4 Å². The molecule has 0 bridgehead atoms. The van der Waals surface area contributed by atoms with Gasteiger partial charge in [0.2, 0.25) is 5.91 Å². The van der Waals surface area contributed by atoms with Crippen molar-refractivity contribution in [1.82, 2.24) is 5.32 Å². The van der Waals surface area contributed by atoms with Crippen LogP contribution in [0.2, 0.25) is 0 Å². The number of Topliss-reactive ketones (excluding diaryl/α,β-unsaturated/α-hetero) is 1. The summed E-state index contributed by atoms with van der Waals surface area (Å²) in [5, 5.41) is 5.10. The fourth-order valence-electron chi connectivity index (χ4n) is 1.57. The third-order valence-corrected chi connectivity index (χ3v) is 2.46. The molecule has 2 amide bonds. The molecule has 0 fully saturated rings. The van der Waals surface area contributed by atoms with Gasteiger partial charge < -0.3 is 10.6 Å². The summed E-state index contributed by atoms with van der Waals surface area (Å²) in [4.78, 5) is 37.7. The summed E-state index contributed by atoms with van der Waals surface area (Å²) in [7, 11) is 0. The van der Waals surface area contributed by atoms with Crippen LogP contribution in [0.4, 0.5) is 5.69 Å². The third-order valence-electron chi connectivity index (χ3n) is 2.46. The van der Waals surface area contributed by atoms with Gasteiger partial charge in [-0.1, -0.05) is 18.2 Å². The monoisotopic (exact) mass is 271 g/mol. The van der Waals surface area contributed by atoms with E-state index in [2.05, 4.69) is 15.6 Å². The number of anilines is 1. The van der Waals surface area contributed by atoms with Crippen molar-refractivity contribution < 1.29 is 14.4 Å². The molecule has 20 heavy (non-hydrogen) atoms. The molecule has 1 heterocycles. The van der Waals surface area contributed by atoms with Crippen LogP contribution < -0.4 is 10.6 Å². The minimum absolute atomic E-state index is 0.196. The lowest BCUT2D eigenvalue weighted by Gasteiger charge is -2.14. The van der Waals surface area contributed by atoms with E-state index in [1.807, 2.05) is 6.07 Å². The summed E-state index contributed by atoms with van der Waals surface area (Å²) in [5.74, 6) is -0.723. The van der Waals surface area contributed by atoms with E-state index < -0.39 is 5.91 Å². The molecule has 0 aromatic heterocycles. The number of hydrogen-bond donors (Lipinski definition) is 2. The van der Waals surface area contributed by atoms with Gasteiger partial charge in [0.15, 0.2) is 0 Å². The van der Waals surface area contributed by atoms with Crippen molar-refractivity contribution in [2.24, 2.45) is 4.99 Å². The number of nitrogens with zero attached hydrogens (tertiary/aromatic N) is 1. The van der Waals surface area contributed by atoms with Crippen LogP contribution in [0.1, 0.15) is 13.3 Å². The summed E-state index contributed by atoms with van der Waals surface area (Å²) in [6.07, 6.45) is 1.26. The number of para-hydroxylation sites is 1. The molecule has 6 heteroatoms. The van der Waals surface area contributed by atoms with Gasteiger partial charge >= 0.3 is 0 Å². The van der Waals surface area contributed by atoms with E-state index in [-0.39, 0.29) is 29.6 Å². The Labute approximate surface area is 115 Å². The highest BCUT2D eigenvalue weighted by Gasteiger charge is 2.19. The molecule has 1 aliphatic rings. The number of rotatable bonds is 5. The molecule has 0 atom stereocenters. The molecule has 0 saturated carbocycles. The first-order chi connectivity index (χ1) is 9.54. The van der Waals surface area contributed by atoms with Gasteiger partial charge in [-0.3, -0.25) is 14.4 Å². The molecular weight excluding hydrogens is 258 g/mol. The van der Waals surface area contributed by atoms with Gasteiger partial charge in [0.05, 0.1) is 6.42 Å². The lowest BCUT2D eigenvalue weighted by atomic mass is 10.2. The number of amides is 2. The Bertz CT molecular complexity index is 618. The molecular formula is C14H13N3O3. The maximum atomic E-state index is 11.8. The van der Waals surface area contributed by atoms with Crippen LogP contribution in [0, 0.1) is 0 Å². The fraction of sp³-hybridized carbons (Fsp3) is 0.143. The molecule has 0 spiro atoms. The first kappa shape index (κ1) is 13.7. The van der Waals surface area contributed by atoms with Crippen molar-refractivity contribution >= 4 is 29.0 Å². The van der Waals surface area contributed by atoms with Crippen LogP contribution in [0.5, 0.6) is 0 Å². The second-order valence-corrected chi connectivity index (χ2v) is 4.27. The Morgan fingerprint density at radius 2 is 1.75 bits per heavy atom. The van der Waals surface area contributed by atoms with E-state index in [1.165, 1.54) is 13.0 Å². The lowest BCUT2D eigenvalue weighted by Crippen LogP contribution is -2.32. The van der Waals surface area contributed by atoms with Gasteiger partial charge in [-0.25, -0.2) is 4.99 Å². The van der Waals surface area contributed by atoms with E-state index in [1.54, 1.807) is 24.3 Å². The first-order valence-corrected chi connectivity index (χ1v) is 6.00. The predicted octanol–water partition coefficient (Wildman–Crippen LogP) is 1.02. The quantitative estimate of drug-likeness (QED) is 0.784. The molecule has 1 aromatic carbocycles. The fourth-order valence-corrected chi connectivity index (χ4v) is 1.57. The minimum Gasteiger partial charge on any atom is -0.321 e. The maximum absolute atomic E-state index is 11.8. The van der Waals surface area contributed by atoms with E-state index >= 15 is 0 Å². The maximum Gasteiger partial charge on any atom is 0.274 e. The smallest absolute Gasteiger partial charge is 0.274 e. The number of benzene rings is 1. The van der Waals surface area contributed by atoms with E-state index in [4.69, 9.17) is 0 Å². The van der Waals surface area contributed by atoms with Crippen LogP contribution in [0.3, 0.4) is 0 Å². The summed E-state index contributed by atoms with van der Waals surface area (Å²) >= 11 is 0. The zero-order chi connectivity index (χ0) is 14.5. The largest absolute Gasteiger partial charge is 0.321 e. The Kier molecular flexibility index (Phi) is 4.05. The zero-order valence-corrected chi connectivity index (χ0v) is 10.8. The minimum atomic E-state index is -0.435. The number of carbonyl (C=O) groups is 3. The van der Waals surface area contributed by atoms with Crippen LogP contribution in [-0.2, 0) is 14.4 Å². The molecule has 0 unspecified atom stereocenters. The van der Waals surface area contributed by atoms with E-state index in [0.717, 1.165) is 0 Å². The van der Waals surface area contributed by atoms with Crippen molar-refractivity contribution in [3.8, 4) is 0 Å². The third kappa shape index (κ3) is 3.61. The summed E-state index contributed by atoms with van der Waals surface area (Å²) in [5.41, 5.74) is 0.898. The molecule has 1 aliphatic heterocycles. The molecule has 0 radical (unpaired) electrons. The Hall–Kier alpha value is -2.76. The Morgan fingerprint density at radius 3 is 2.35 bits per heavy atom. The molecule has 6 nitrogen and oxygen atoms in total. The van der Waals surface area contributed by atoms with Gasteiger partial charge in [0.1, 0.15) is 17.3 Å². The lowest BCUT2D eigenvalue weighted by molar-refractivity contribution is -0.126. The summed E-state index contributed by atoms with van der Waals surface area (Å²) in [6.45, 7) is 1.33. The number of ketones is 1. The number of nitrogens with one attached hydrogen (secondary N) is 2. The SMILES string of the molecule is CC(=O)CC(=O)NC1=CC(C(=O)Nc2ccccc2)=N1. The molecule has 2 N–H and O–H groups in total. The van der Waals surface area contributed by atoms with Crippen LogP contribution in [0.15, 0.2) is 47.2 Å². The number of carbonyl (C=O) groups excluding carboxylic acids is 3. The summed E-state index contributed by atoms with van der Waals surface area (Å²) < 4.78 is 0. The summed E-state index contributed by atoms with van der Waals surface area (Å²) in [6, 6.07) is 8.98. The standard InChI is InChI=1S/C14H13N3O3/c1-9(18)7-13(19)17-12-8-11(16-12)14(20)15-10-5-3-2-4-6-10/h2-6,8H,7H2,1H3,(H,15,20)(H,16,17,19). The van der Waals surface area contributed by atoms with Gasteiger partial charge in [0, 0.05) is 11.8 Å². The zero-order valence-electron chi connectivity index (χ0n) is 10.8. The van der Waals surface area contributed by atoms with Crippen molar-refractivity contribution in [1.29, 1.82) is 0 Å². The van der Waals surface area contributed by atoms with Crippen molar-refractivity contribution in [3.63, 3.8) is 0 Å². The van der Waals surface area contributed by atoms with Crippen LogP contribution in [-0.4, -0.2) is 23.3 Å². The van der Waals surface area contributed by atoms with Gasteiger partial charge in [0.25, 0.3) is 5.91 Å². The number of hydrogen-bond acceptors (Lipinski definition) is 4. The van der Waals surface area contributed by atoms with Crippen molar-refractivity contribution in [2.75, 3.05) is 5.32 Å². The molecule has 2 rings (SSSR count). The van der Waals surface area contributed by atoms with Crippen LogP contribution >= 0.6 is 0 Å². The average Bonchev–Trinajstić information content (AvgIpc) is 2.33. The highest BCUT2D eigenvalue weighted by molar-refractivity contribution is 6.49. The second kappa shape index (κ2) is 5.92. The first-order valence-electron chi connectivity index (χ1n) is 6.00. The second-order valence-electron chi connectivity index (χ2n) is 4.27. The van der Waals surface area contributed by atoms with Gasteiger partial charge in [-0.2, -0.15) is 0 Å². The van der Waals surface area contributed by atoms with E-state index in [0.29, 0.717) is 5.69 Å². The van der Waals surface area contributed by atoms with Gasteiger partial charge in [-0.05, 0) is 19.1 Å². The van der Waals surface area contributed by atoms with Crippen LogP contribution in [0.25, 0.3) is 0 Å². The highest BCUT2D eigenvalue weighted by atomic mass is 16.2. The number of aliphatic imine (C=N–C) groups is 1. The van der Waals surface area contributed by atoms with Crippen molar-refractivity contribution in [2.45, 2.75) is 13.3 Å². The Morgan fingerprint density at radius 1 is 1.10 bits per heavy atom. The topological polar surface area (TPSA) is 87.6 Å². The predicted molar refractivity (Wildman–Crippen MR) is 74.0 cm³/mol. The van der Waals surface area contributed by atoms with Gasteiger partial charge in [-0.15, -0.1) is 0 Å². The molecule has 0 saturated heterocycles. The van der Waals surface area contributed by atoms with Crippen molar-refractivity contribution in [3.05, 3.63) is 42.2 Å². The molecule has 102 valence electrons. The normalized spacial score (nSPS) is 12.7. The Balaban J connectivity index is 1.83. The highest BCUT2D eigenvalue weighted by Crippen LogP contribution is 2.10. The molecule has 0 aliphatic carbocycles.